The lowest BCUT2D eigenvalue weighted by Gasteiger charge is -2.10. The van der Waals surface area contributed by atoms with Gasteiger partial charge in [-0.1, -0.05) is 0 Å². The quantitative estimate of drug-likeness (QED) is 0.832. The van der Waals surface area contributed by atoms with Gasteiger partial charge in [0.05, 0.1) is 22.9 Å². The molecule has 2 aromatic rings. The molecule has 0 saturated carbocycles. The van der Waals surface area contributed by atoms with E-state index in [2.05, 4.69) is 25.8 Å². The summed E-state index contributed by atoms with van der Waals surface area (Å²) in [5.41, 5.74) is 6.16. The molecule has 1 heterocycles. The second-order valence-corrected chi connectivity index (χ2v) is 6.95. The third-order valence-electron chi connectivity index (χ3n) is 2.79. The molecule has 0 radical (unpaired) electrons. The van der Waals surface area contributed by atoms with Crippen LogP contribution in [-0.2, 0) is 16.6 Å². The van der Waals surface area contributed by atoms with E-state index < -0.39 is 15.8 Å². The van der Waals surface area contributed by atoms with E-state index in [4.69, 9.17) is 5.73 Å². The summed E-state index contributed by atoms with van der Waals surface area (Å²) in [7, 11) is -3.82. The minimum Gasteiger partial charge on any atom is -0.329 e. The minimum absolute atomic E-state index is 0.00123. The molecule has 0 aliphatic heterocycles. The Bertz CT molecular complexity index is 761. The Morgan fingerprint density at radius 1 is 1.48 bits per heavy atom. The van der Waals surface area contributed by atoms with Crippen LogP contribution in [0.5, 0.6) is 0 Å². The highest BCUT2D eigenvalue weighted by Crippen LogP contribution is 2.25. The van der Waals surface area contributed by atoms with Crippen LogP contribution in [0.2, 0.25) is 0 Å². The van der Waals surface area contributed by atoms with Crippen LogP contribution in [0.25, 0.3) is 0 Å². The molecule has 0 amide bonds. The zero-order chi connectivity index (χ0) is 15.6. The average molecular weight is 377 g/mol. The van der Waals surface area contributed by atoms with Crippen molar-refractivity contribution in [2.75, 3.05) is 11.3 Å². The molecule has 0 aliphatic rings. The van der Waals surface area contributed by atoms with Crippen LogP contribution in [0.3, 0.4) is 0 Å². The van der Waals surface area contributed by atoms with Gasteiger partial charge in [0.1, 0.15) is 10.7 Å². The first kappa shape index (κ1) is 15.9. The number of aromatic nitrogens is 2. The molecule has 0 bridgehead atoms. The predicted octanol–water partition coefficient (Wildman–Crippen LogP) is 1.85. The molecule has 0 saturated heterocycles. The fourth-order valence-corrected chi connectivity index (χ4v) is 3.23. The molecule has 9 heteroatoms. The average Bonchev–Trinajstić information content (AvgIpc) is 2.86. The lowest BCUT2D eigenvalue weighted by Crippen LogP contribution is -2.14. The van der Waals surface area contributed by atoms with Gasteiger partial charge in [0.15, 0.2) is 0 Å². The van der Waals surface area contributed by atoms with Crippen LogP contribution in [0.1, 0.15) is 5.56 Å². The van der Waals surface area contributed by atoms with Crippen molar-refractivity contribution in [2.45, 2.75) is 18.4 Å². The number of halogens is 2. The minimum atomic E-state index is -3.82. The Kier molecular flexibility index (Phi) is 4.64. The summed E-state index contributed by atoms with van der Waals surface area (Å²) >= 11 is 3.05. The topological polar surface area (TPSA) is 90.0 Å². The van der Waals surface area contributed by atoms with Gasteiger partial charge in [-0.2, -0.15) is 5.10 Å². The van der Waals surface area contributed by atoms with Gasteiger partial charge in [0, 0.05) is 12.7 Å². The molecule has 114 valence electrons. The Morgan fingerprint density at radius 2 is 2.19 bits per heavy atom. The number of sulfonamides is 1. The van der Waals surface area contributed by atoms with Crippen LogP contribution >= 0.6 is 15.9 Å². The van der Waals surface area contributed by atoms with E-state index in [1.54, 1.807) is 6.92 Å². The largest absolute Gasteiger partial charge is 0.329 e. The second kappa shape index (κ2) is 6.12. The van der Waals surface area contributed by atoms with Gasteiger partial charge in [-0.25, -0.2) is 12.8 Å². The van der Waals surface area contributed by atoms with Crippen molar-refractivity contribution in [3.8, 4) is 0 Å². The molecule has 21 heavy (non-hydrogen) atoms. The summed E-state index contributed by atoms with van der Waals surface area (Å²) < 4.78 is 42.1. The third-order valence-corrected chi connectivity index (χ3v) is 4.72. The highest BCUT2D eigenvalue weighted by atomic mass is 79.9. The predicted molar refractivity (Wildman–Crippen MR) is 80.9 cm³/mol. The lowest BCUT2D eigenvalue weighted by molar-refractivity contribution is 0.599. The Hall–Kier alpha value is -1.45. The van der Waals surface area contributed by atoms with Gasteiger partial charge in [0.25, 0.3) is 10.0 Å². The Labute approximate surface area is 130 Å². The van der Waals surface area contributed by atoms with Gasteiger partial charge in [-0.05, 0) is 40.5 Å². The lowest BCUT2D eigenvalue weighted by atomic mass is 10.2. The fraction of sp³-hybridized carbons (Fsp3) is 0.250. The van der Waals surface area contributed by atoms with E-state index in [1.807, 2.05) is 0 Å². The Morgan fingerprint density at radius 3 is 2.86 bits per heavy atom. The summed E-state index contributed by atoms with van der Waals surface area (Å²) in [6, 6.07) is 2.63. The number of hydrogen-bond acceptors (Lipinski definition) is 4. The normalized spacial score (nSPS) is 11.6. The molecular weight excluding hydrogens is 363 g/mol. The number of rotatable bonds is 5. The van der Waals surface area contributed by atoms with E-state index in [0.29, 0.717) is 18.7 Å². The number of anilines is 1. The summed E-state index contributed by atoms with van der Waals surface area (Å²) in [6.07, 6.45) is 2.60. The van der Waals surface area contributed by atoms with Crippen molar-refractivity contribution in [3.05, 3.63) is 40.4 Å². The van der Waals surface area contributed by atoms with E-state index >= 15 is 0 Å². The summed E-state index contributed by atoms with van der Waals surface area (Å²) in [5, 5.41) is 3.90. The van der Waals surface area contributed by atoms with Crippen LogP contribution < -0.4 is 10.5 Å². The van der Waals surface area contributed by atoms with Crippen molar-refractivity contribution >= 4 is 31.6 Å². The maximum Gasteiger partial charge on any atom is 0.265 e. The van der Waals surface area contributed by atoms with Crippen LogP contribution in [0.4, 0.5) is 10.1 Å². The van der Waals surface area contributed by atoms with Crippen LogP contribution in [0, 0.1) is 12.7 Å². The smallest absolute Gasteiger partial charge is 0.265 e. The highest BCUT2D eigenvalue weighted by Gasteiger charge is 2.18. The monoisotopic (exact) mass is 376 g/mol. The molecule has 3 N–H and O–H groups in total. The number of nitrogens with one attached hydrogen (secondary N) is 1. The van der Waals surface area contributed by atoms with Crippen LogP contribution in [0.15, 0.2) is 33.9 Å². The number of nitrogens with two attached hydrogens (primary N) is 1. The summed E-state index contributed by atoms with van der Waals surface area (Å²) in [5.74, 6) is -0.544. The van der Waals surface area contributed by atoms with Gasteiger partial charge >= 0.3 is 0 Å². The first-order valence-electron chi connectivity index (χ1n) is 6.04. The van der Waals surface area contributed by atoms with E-state index in [-0.39, 0.29) is 15.1 Å². The first-order valence-corrected chi connectivity index (χ1v) is 8.32. The van der Waals surface area contributed by atoms with Crippen molar-refractivity contribution in [2.24, 2.45) is 5.73 Å². The number of benzene rings is 1. The molecule has 0 fully saturated rings. The van der Waals surface area contributed by atoms with Gasteiger partial charge in [0.2, 0.25) is 0 Å². The molecule has 6 nitrogen and oxygen atoms in total. The second-order valence-electron chi connectivity index (χ2n) is 4.41. The molecule has 1 aromatic heterocycles. The third kappa shape index (κ3) is 3.60. The fourth-order valence-electron chi connectivity index (χ4n) is 1.70. The molecule has 1 aromatic carbocycles. The molecule has 0 unspecified atom stereocenters. The molecule has 0 spiro atoms. The molecule has 2 rings (SSSR count). The van der Waals surface area contributed by atoms with E-state index in [1.165, 1.54) is 23.1 Å². The summed E-state index contributed by atoms with van der Waals surface area (Å²) in [6.45, 7) is 2.45. The van der Waals surface area contributed by atoms with Gasteiger partial charge in [-0.3, -0.25) is 9.40 Å². The van der Waals surface area contributed by atoms with Crippen molar-refractivity contribution in [1.29, 1.82) is 0 Å². The standard InChI is InChI=1S/C12H14BrFN4O2S/c1-8-4-10(13)11(14)5-12(8)17-21(19,20)9-6-16-18(7-9)3-2-15/h4-7,17H,2-3,15H2,1H3. The highest BCUT2D eigenvalue weighted by molar-refractivity contribution is 9.10. The molecular formula is C12H14BrFN4O2S. The summed E-state index contributed by atoms with van der Waals surface area (Å²) in [4.78, 5) is -0.00123. The van der Waals surface area contributed by atoms with Crippen molar-refractivity contribution in [1.82, 2.24) is 9.78 Å². The number of aryl methyl sites for hydroxylation is 1. The zero-order valence-electron chi connectivity index (χ0n) is 11.2. The van der Waals surface area contributed by atoms with Gasteiger partial charge < -0.3 is 5.73 Å². The maximum absolute atomic E-state index is 13.5. The maximum atomic E-state index is 13.5. The first-order chi connectivity index (χ1) is 9.83. The molecule has 0 aliphatic carbocycles. The van der Waals surface area contributed by atoms with Crippen molar-refractivity contribution in [3.63, 3.8) is 0 Å². The zero-order valence-corrected chi connectivity index (χ0v) is 13.6. The molecule has 0 atom stereocenters. The van der Waals surface area contributed by atoms with Crippen molar-refractivity contribution < 1.29 is 12.8 Å². The Balaban J connectivity index is 2.30. The van der Waals surface area contributed by atoms with Crippen LogP contribution in [-0.4, -0.2) is 24.7 Å². The van der Waals surface area contributed by atoms with E-state index in [9.17, 15) is 12.8 Å². The van der Waals surface area contributed by atoms with E-state index in [0.717, 1.165) is 6.07 Å². The number of nitrogens with zero attached hydrogens (tertiary/aromatic N) is 2. The van der Waals surface area contributed by atoms with Gasteiger partial charge in [-0.15, -0.1) is 0 Å². The SMILES string of the molecule is Cc1cc(Br)c(F)cc1NS(=O)(=O)c1cnn(CCN)c1. The number of hydrogen-bond donors (Lipinski definition) is 2.